The molecule has 0 unspecified atom stereocenters. The predicted molar refractivity (Wildman–Crippen MR) is 126 cm³/mol. The average Bonchev–Trinajstić information content (AvgIpc) is 3.41. The van der Waals surface area contributed by atoms with Crippen molar-refractivity contribution in [3.63, 3.8) is 0 Å². The van der Waals surface area contributed by atoms with E-state index in [0.29, 0.717) is 34.9 Å². The summed E-state index contributed by atoms with van der Waals surface area (Å²) in [5, 5.41) is 5.47. The van der Waals surface area contributed by atoms with Gasteiger partial charge in [0.2, 0.25) is 5.91 Å². The quantitative estimate of drug-likeness (QED) is 0.477. The van der Waals surface area contributed by atoms with Crippen molar-refractivity contribution in [3.8, 4) is 21.9 Å². The Morgan fingerprint density at radius 2 is 2.03 bits per heavy atom. The van der Waals surface area contributed by atoms with Crippen LogP contribution in [0.25, 0.3) is 20.7 Å². The molecule has 0 saturated carbocycles. The van der Waals surface area contributed by atoms with Crippen molar-refractivity contribution in [2.45, 2.75) is 26.4 Å². The number of aromatic nitrogens is 2. The van der Waals surface area contributed by atoms with E-state index in [4.69, 9.17) is 9.47 Å². The SMILES string of the molecule is Cc1ccc(-c2csc3ncn(CC(=O)N[C@H](C)c4ccc5c(c4)OCCO5)c(=O)c23)s1. The second kappa shape index (κ2) is 8.40. The maximum absolute atomic E-state index is 13.2. The van der Waals surface area contributed by atoms with Gasteiger partial charge in [-0.3, -0.25) is 14.2 Å². The normalized spacial score (nSPS) is 13.8. The van der Waals surface area contributed by atoms with Gasteiger partial charge in [-0.2, -0.15) is 0 Å². The van der Waals surface area contributed by atoms with E-state index in [2.05, 4.69) is 10.3 Å². The molecule has 9 heteroatoms. The van der Waals surface area contributed by atoms with Gasteiger partial charge in [0.1, 0.15) is 24.6 Å². The Hall–Kier alpha value is -3.17. The maximum Gasteiger partial charge on any atom is 0.263 e. The fourth-order valence-corrected chi connectivity index (χ4v) is 5.56. The number of fused-ring (bicyclic) bond motifs is 2. The third kappa shape index (κ3) is 3.89. The molecule has 164 valence electrons. The van der Waals surface area contributed by atoms with Crippen molar-refractivity contribution in [3.05, 3.63) is 62.8 Å². The fourth-order valence-electron chi connectivity index (χ4n) is 3.70. The zero-order valence-corrected chi connectivity index (χ0v) is 19.2. The van der Waals surface area contributed by atoms with Gasteiger partial charge < -0.3 is 14.8 Å². The number of rotatable bonds is 5. The number of hydrogen-bond acceptors (Lipinski definition) is 7. The van der Waals surface area contributed by atoms with Gasteiger partial charge >= 0.3 is 0 Å². The Morgan fingerprint density at radius 1 is 1.22 bits per heavy atom. The van der Waals surface area contributed by atoms with Gasteiger partial charge in [0.25, 0.3) is 5.56 Å². The van der Waals surface area contributed by atoms with Crippen molar-refractivity contribution in [2.24, 2.45) is 0 Å². The smallest absolute Gasteiger partial charge is 0.263 e. The van der Waals surface area contributed by atoms with Crippen molar-refractivity contribution < 1.29 is 14.3 Å². The number of carbonyl (C=O) groups is 1. The molecule has 1 amide bonds. The second-order valence-electron chi connectivity index (χ2n) is 7.61. The van der Waals surface area contributed by atoms with E-state index in [1.165, 1.54) is 27.1 Å². The summed E-state index contributed by atoms with van der Waals surface area (Å²) >= 11 is 3.08. The van der Waals surface area contributed by atoms with Crippen molar-refractivity contribution in [1.29, 1.82) is 0 Å². The van der Waals surface area contributed by atoms with Gasteiger partial charge in [-0.05, 0) is 43.7 Å². The molecule has 32 heavy (non-hydrogen) atoms. The first-order valence-corrected chi connectivity index (χ1v) is 11.9. The number of carbonyl (C=O) groups excluding carboxylic acids is 1. The number of aryl methyl sites for hydroxylation is 1. The van der Waals surface area contributed by atoms with Crippen LogP contribution < -0.4 is 20.3 Å². The second-order valence-corrected chi connectivity index (χ2v) is 9.76. The van der Waals surface area contributed by atoms with Crippen molar-refractivity contribution in [2.75, 3.05) is 13.2 Å². The zero-order valence-electron chi connectivity index (χ0n) is 17.6. The number of nitrogens with one attached hydrogen (secondary N) is 1. The van der Waals surface area contributed by atoms with Gasteiger partial charge in [-0.1, -0.05) is 6.07 Å². The Bertz CT molecular complexity index is 1370. The van der Waals surface area contributed by atoms with E-state index in [9.17, 15) is 9.59 Å². The van der Waals surface area contributed by atoms with Crippen molar-refractivity contribution in [1.82, 2.24) is 14.9 Å². The van der Waals surface area contributed by atoms with E-state index in [1.807, 2.05) is 49.6 Å². The minimum absolute atomic E-state index is 0.102. The highest BCUT2D eigenvalue weighted by atomic mass is 32.1. The number of thiophene rings is 2. The molecule has 1 aliphatic rings. The number of hydrogen-bond donors (Lipinski definition) is 1. The maximum atomic E-state index is 13.2. The lowest BCUT2D eigenvalue weighted by Gasteiger charge is -2.21. The third-order valence-electron chi connectivity index (χ3n) is 5.32. The fraction of sp³-hybridized carbons (Fsp3) is 0.261. The first kappa shape index (κ1) is 20.7. The number of nitrogens with zero attached hydrogens (tertiary/aromatic N) is 2. The molecule has 0 spiro atoms. The van der Waals surface area contributed by atoms with E-state index in [-0.39, 0.29) is 24.1 Å². The molecule has 4 aromatic rings. The van der Waals surface area contributed by atoms with Gasteiger partial charge in [0.05, 0.1) is 17.8 Å². The molecule has 1 atom stereocenters. The van der Waals surface area contributed by atoms with E-state index >= 15 is 0 Å². The Balaban J connectivity index is 1.35. The molecular weight excluding hydrogens is 446 g/mol. The first-order chi connectivity index (χ1) is 15.5. The lowest BCUT2D eigenvalue weighted by Crippen LogP contribution is -2.34. The molecule has 1 N–H and O–H groups in total. The zero-order chi connectivity index (χ0) is 22.2. The largest absolute Gasteiger partial charge is 0.486 e. The van der Waals surface area contributed by atoms with Crippen LogP contribution in [0.2, 0.25) is 0 Å². The molecule has 3 aromatic heterocycles. The molecule has 0 saturated heterocycles. The highest BCUT2D eigenvalue weighted by molar-refractivity contribution is 7.19. The average molecular weight is 468 g/mol. The van der Waals surface area contributed by atoms with Crippen LogP contribution in [-0.2, 0) is 11.3 Å². The molecule has 7 nitrogen and oxygen atoms in total. The van der Waals surface area contributed by atoms with Gasteiger partial charge in [0, 0.05) is 20.7 Å². The molecule has 1 aliphatic heterocycles. The molecule has 5 rings (SSSR count). The van der Waals surface area contributed by atoms with Gasteiger partial charge in [-0.25, -0.2) is 4.98 Å². The van der Waals surface area contributed by atoms with E-state index in [1.54, 1.807) is 11.3 Å². The van der Waals surface area contributed by atoms with Crippen LogP contribution >= 0.6 is 22.7 Å². The van der Waals surface area contributed by atoms with Crippen LogP contribution in [0.15, 0.2) is 46.8 Å². The molecule has 4 heterocycles. The number of benzene rings is 1. The Morgan fingerprint density at radius 3 is 2.81 bits per heavy atom. The lowest BCUT2D eigenvalue weighted by atomic mass is 10.1. The minimum atomic E-state index is -0.264. The van der Waals surface area contributed by atoms with Crippen LogP contribution in [0.1, 0.15) is 23.4 Å². The summed E-state index contributed by atoms with van der Waals surface area (Å²) in [4.78, 5) is 33.2. The van der Waals surface area contributed by atoms with Crippen LogP contribution in [0.3, 0.4) is 0 Å². The summed E-state index contributed by atoms with van der Waals surface area (Å²) in [5.74, 6) is 1.12. The summed E-state index contributed by atoms with van der Waals surface area (Å²) in [7, 11) is 0. The highest BCUT2D eigenvalue weighted by Gasteiger charge is 2.18. The molecular formula is C23H21N3O4S2. The van der Waals surface area contributed by atoms with Gasteiger partial charge in [-0.15, -0.1) is 22.7 Å². The minimum Gasteiger partial charge on any atom is -0.486 e. The highest BCUT2D eigenvalue weighted by Crippen LogP contribution is 2.35. The molecule has 0 bridgehead atoms. The van der Waals surface area contributed by atoms with Crippen LogP contribution in [0.4, 0.5) is 0 Å². The molecule has 0 aliphatic carbocycles. The lowest BCUT2D eigenvalue weighted by molar-refractivity contribution is -0.122. The van der Waals surface area contributed by atoms with E-state index < -0.39 is 0 Å². The monoisotopic (exact) mass is 467 g/mol. The van der Waals surface area contributed by atoms with Crippen LogP contribution in [-0.4, -0.2) is 28.7 Å². The molecule has 0 fully saturated rings. The summed E-state index contributed by atoms with van der Waals surface area (Å²) in [6.07, 6.45) is 1.44. The molecule has 0 radical (unpaired) electrons. The number of amides is 1. The summed E-state index contributed by atoms with van der Waals surface area (Å²) < 4.78 is 12.5. The Kier molecular flexibility index (Phi) is 5.44. The summed E-state index contributed by atoms with van der Waals surface area (Å²) in [6, 6.07) is 9.42. The standard InChI is InChI=1S/C23H21N3O4S2/c1-13-3-6-19(32-13)16-11-31-22-21(16)23(28)26(12-24-22)10-20(27)25-14(2)15-4-5-17-18(9-15)30-8-7-29-17/h3-6,9,11-12,14H,7-8,10H2,1-2H3,(H,25,27)/t14-/m1/s1. The first-order valence-electron chi connectivity index (χ1n) is 10.2. The summed E-state index contributed by atoms with van der Waals surface area (Å²) in [5.41, 5.74) is 1.57. The third-order valence-corrected chi connectivity index (χ3v) is 7.24. The topological polar surface area (TPSA) is 82.5 Å². The van der Waals surface area contributed by atoms with E-state index in [0.717, 1.165) is 16.0 Å². The van der Waals surface area contributed by atoms with Crippen LogP contribution in [0.5, 0.6) is 11.5 Å². The van der Waals surface area contributed by atoms with Crippen molar-refractivity contribution >= 4 is 38.8 Å². The van der Waals surface area contributed by atoms with Crippen LogP contribution in [0, 0.1) is 6.92 Å². The summed E-state index contributed by atoms with van der Waals surface area (Å²) in [6.45, 7) is 4.86. The molecule has 1 aromatic carbocycles. The Labute approximate surface area is 192 Å². The predicted octanol–water partition coefficient (Wildman–Crippen LogP) is 4.14. The number of ether oxygens (including phenoxy) is 2. The van der Waals surface area contributed by atoms with Gasteiger partial charge in [0.15, 0.2) is 11.5 Å².